The lowest BCUT2D eigenvalue weighted by atomic mass is 10.1. The van der Waals surface area contributed by atoms with E-state index < -0.39 is 0 Å². The molecule has 1 rings (SSSR count). The molecule has 3 nitrogen and oxygen atoms in total. The molecule has 76 valence electrons. The van der Waals surface area contributed by atoms with Crippen molar-refractivity contribution in [2.24, 2.45) is 0 Å². The SMILES string of the molecule is CC.COCn1cc(C(C)C)cn1. The Hall–Kier alpha value is -0.830. The maximum Gasteiger partial charge on any atom is 0.138 e. The van der Waals surface area contributed by atoms with Gasteiger partial charge in [0, 0.05) is 13.3 Å². The van der Waals surface area contributed by atoms with Gasteiger partial charge in [0.25, 0.3) is 0 Å². The summed E-state index contributed by atoms with van der Waals surface area (Å²) in [4.78, 5) is 0. The largest absolute Gasteiger partial charge is 0.362 e. The van der Waals surface area contributed by atoms with Crippen LogP contribution in [0.3, 0.4) is 0 Å². The second-order valence-electron chi connectivity index (χ2n) is 2.89. The van der Waals surface area contributed by atoms with Crippen LogP contribution in [0.5, 0.6) is 0 Å². The molecule has 0 aliphatic carbocycles. The predicted molar refractivity (Wildman–Crippen MR) is 54.7 cm³/mol. The highest BCUT2D eigenvalue weighted by Crippen LogP contribution is 2.11. The van der Waals surface area contributed by atoms with Gasteiger partial charge in [-0.3, -0.25) is 0 Å². The van der Waals surface area contributed by atoms with Gasteiger partial charge in [-0.15, -0.1) is 0 Å². The Bertz CT molecular complexity index is 218. The second-order valence-corrected chi connectivity index (χ2v) is 2.89. The van der Waals surface area contributed by atoms with Crippen molar-refractivity contribution < 1.29 is 4.74 Å². The number of methoxy groups -OCH3 is 1. The van der Waals surface area contributed by atoms with Crippen LogP contribution >= 0.6 is 0 Å². The standard InChI is InChI=1S/C8H14N2O.C2H6/c1-7(2)8-4-9-10(5-8)6-11-3;1-2/h4-5,7H,6H2,1-3H3;1-2H3. The van der Waals surface area contributed by atoms with Crippen LogP contribution in [-0.2, 0) is 11.5 Å². The molecule has 0 fully saturated rings. The number of ether oxygens (including phenoxy) is 1. The van der Waals surface area contributed by atoms with E-state index in [2.05, 4.69) is 18.9 Å². The molecule has 0 unspecified atom stereocenters. The molecule has 0 amide bonds. The van der Waals surface area contributed by atoms with Crippen LogP contribution in [0.15, 0.2) is 12.4 Å². The van der Waals surface area contributed by atoms with Crippen molar-refractivity contribution in [1.82, 2.24) is 9.78 Å². The molecule has 0 N–H and O–H groups in total. The Kier molecular flexibility index (Phi) is 6.24. The normalized spacial score (nSPS) is 9.69. The minimum atomic E-state index is 0.534. The summed E-state index contributed by atoms with van der Waals surface area (Å²) in [6.07, 6.45) is 3.89. The maximum absolute atomic E-state index is 4.92. The van der Waals surface area contributed by atoms with Gasteiger partial charge in [0.1, 0.15) is 6.73 Å². The van der Waals surface area contributed by atoms with E-state index in [-0.39, 0.29) is 0 Å². The molecule has 1 aromatic rings. The van der Waals surface area contributed by atoms with Crippen LogP contribution < -0.4 is 0 Å². The van der Waals surface area contributed by atoms with E-state index in [1.807, 2.05) is 26.2 Å². The van der Waals surface area contributed by atoms with E-state index in [0.29, 0.717) is 12.6 Å². The van der Waals surface area contributed by atoms with E-state index in [4.69, 9.17) is 4.74 Å². The van der Waals surface area contributed by atoms with Gasteiger partial charge in [-0.25, -0.2) is 4.68 Å². The maximum atomic E-state index is 4.92. The molecular weight excluding hydrogens is 164 g/mol. The van der Waals surface area contributed by atoms with Crippen LogP contribution in [0.25, 0.3) is 0 Å². The van der Waals surface area contributed by atoms with Gasteiger partial charge in [-0.2, -0.15) is 5.10 Å². The van der Waals surface area contributed by atoms with Crippen molar-refractivity contribution in [3.8, 4) is 0 Å². The van der Waals surface area contributed by atoms with Gasteiger partial charge in [0.2, 0.25) is 0 Å². The van der Waals surface area contributed by atoms with Crippen molar-refractivity contribution in [3.63, 3.8) is 0 Å². The first kappa shape index (κ1) is 12.2. The van der Waals surface area contributed by atoms with Crippen molar-refractivity contribution >= 4 is 0 Å². The summed E-state index contributed by atoms with van der Waals surface area (Å²) in [7, 11) is 1.66. The average Bonchev–Trinajstić information content (AvgIpc) is 2.57. The topological polar surface area (TPSA) is 27.1 Å². The molecule has 0 aliphatic heterocycles. The minimum Gasteiger partial charge on any atom is -0.362 e. The average molecular weight is 184 g/mol. The Morgan fingerprint density at radius 1 is 1.46 bits per heavy atom. The van der Waals surface area contributed by atoms with Crippen molar-refractivity contribution in [1.29, 1.82) is 0 Å². The molecule has 1 heterocycles. The van der Waals surface area contributed by atoms with E-state index >= 15 is 0 Å². The Morgan fingerprint density at radius 2 is 2.08 bits per heavy atom. The molecule has 0 radical (unpaired) electrons. The van der Waals surface area contributed by atoms with Gasteiger partial charge in [0.05, 0.1) is 6.20 Å². The Labute approximate surface area is 80.7 Å². The minimum absolute atomic E-state index is 0.534. The third-order valence-electron chi connectivity index (χ3n) is 1.58. The first-order valence-corrected chi connectivity index (χ1v) is 4.75. The lowest BCUT2D eigenvalue weighted by Crippen LogP contribution is -1.99. The fourth-order valence-electron chi connectivity index (χ4n) is 0.881. The molecule has 3 heteroatoms. The molecule has 0 spiro atoms. The van der Waals surface area contributed by atoms with Gasteiger partial charge >= 0.3 is 0 Å². The van der Waals surface area contributed by atoms with Crippen molar-refractivity contribution in [2.75, 3.05) is 7.11 Å². The van der Waals surface area contributed by atoms with Crippen LogP contribution in [-0.4, -0.2) is 16.9 Å². The quantitative estimate of drug-likeness (QED) is 0.722. The lowest BCUT2D eigenvalue weighted by molar-refractivity contribution is 0.120. The number of nitrogens with zero attached hydrogens (tertiary/aromatic N) is 2. The molecule has 0 saturated heterocycles. The van der Waals surface area contributed by atoms with Gasteiger partial charge in [-0.05, 0) is 11.5 Å². The van der Waals surface area contributed by atoms with Gasteiger partial charge in [0.15, 0.2) is 0 Å². The van der Waals surface area contributed by atoms with Crippen LogP contribution in [0.2, 0.25) is 0 Å². The van der Waals surface area contributed by atoms with Crippen molar-refractivity contribution in [3.05, 3.63) is 18.0 Å². The summed E-state index contributed by atoms with van der Waals surface area (Å²) >= 11 is 0. The lowest BCUT2D eigenvalue weighted by Gasteiger charge is -1.98. The zero-order valence-corrected chi connectivity index (χ0v) is 9.24. The fourth-order valence-corrected chi connectivity index (χ4v) is 0.881. The highest BCUT2D eigenvalue weighted by atomic mass is 16.5. The third-order valence-corrected chi connectivity index (χ3v) is 1.58. The molecule has 0 aliphatic rings. The Morgan fingerprint density at radius 3 is 2.46 bits per heavy atom. The fraction of sp³-hybridized carbons (Fsp3) is 0.700. The highest BCUT2D eigenvalue weighted by molar-refractivity contribution is 5.08. The molecule has 1 aromatic heterocycles. The monoisotopic (exact) mass is 184 g/mol. The molecule has 0 atom stereocenters. The van der Waals surface area contributed by atoms with E-state index in [0.717, 1.165) is 0 Å². The third kappa shape index (κ3) is 4.08. The van der Waals surface area contributed by atoms with Crippen LogP contribution in [0, 0.1) is 0 Å². The summed E-state index contributed by atoms with van der Waals surface area (Å²) < 4.78 is 6.71. The summed E-state index contributed by atoms with van der Waals surface area (Å²) in [6, 6.07) is 0. The molecule has 13 heavy (non-hydrogen) atoms. The van der Waals surface area contributed by atoms with E-state index in [9.17, 15) is 0 Å². The predicted octanol–water partition coefficient (Wildman–Crippen LogP) is 2.64. The van der Waals surface area contributed by atoms with E-state index in [1.165, 1.54) is 5.56 Å². The summed E-state index contributed by atoms with van der Waals surface area (Å²) in [5.74, 6) is 0.542. The smallest absolute Gasteiger partial charge is 0.138 e. The molecular formula is C10H20N2O. The highest BCUT2D eigenvalue weighted by Gasteiger charge is 2.01. The summed E-state index contributed by atoms with van der Waals surface area (Å²) in [5.41, 5.74) is 1.25. The molecule has 0 aromatic carbocycles. The van der Waals surface area contributed by atoms with Gasteiger partial charge < -0.3 is 4.74 Å². The van der Waals surface area contributed by atoms with Crippen molar-refractivity contribution in [2.45, 2.75) is 40.3 Å². The molecule has 0 saturated carbocycles. The first-order chi connectivity index (χ1) is 6.24. The van der Waals surface area contributed by atoms with E-state index in [1.54, 1.807) is 11.8 Å². The molecule has 0 bridgehead atoms. The first-order valence-electron chi connectivity index (χ1n) is 4.75. The van der Waals surface area contributed by atoms with Crippen LogP contribution in [0.1, 0.15) is 39.2 Å². The number of hydrogen-bond donors (Lipinski definition) is 0. The summed E-state index contributed by atoms with van der Waals surface area (Å²) in [6.45, 7) is 8.83. The van der Waals surface area contributed by atoms with Gasteiger partial charge in [-0.1, -0.05) is 27.7 Å². The Balaban J connectivity index is 0.000000671. The number of rotatable bonds is 3. The zero-order valence-electron chi connectivity index (χ0n) is 9.24. The number of hydrogen-bond acceptors (Lipinski definition) is 2. The van der Waals surface area contributed by atoms with Crippen LogP contribution in [0.4, 0.5) is 0 Å². The second kappa shape index (κ2) is 6.66. The zero-order chi connectivity index (χ0) is 10.3. The number of aromatic nitrogens is 2. The summed E-state index contributed by atoms with van der Waals surface area (Å²) in [5, 5.41) is 4.12.